The van der Waals surface area contributed by atoms with Crippen molar-refractivity contribution in [3.05, 3.63) is 69.3 Å². The fraction of sp³-hybridized carbons (Fsp3) is 0.263. The van der Waals surface area contributed by atoms with Crippen LogP contribution in [0.4, 0.5) is 11.4 Å². The maximum Gasteiger partial charge on any atom is 0.313 e. The van der Waals surface area contributed by atoms with Crippen molar-refractivity contribution in [2.75, 3.05) is 11.9 Å². The molecule has 0 aliphatic heterocycles. The zero-order chi connectivity index (χ0) is 19.6. The standard InChI is InChI=1S/C19H19N3O5/c1-12-8-15(22(26)27)6-7-16(12)21-18(24)17(23)20-11-19(25)9-13-4-2-3-5-14(13)10-19/h2-8,25H,9-11H2,1H3,(H,20,23)(H,21,24). The molecule has 0 atom stereocenters. The first-order valence-corrected chi connectivity index (χ1v) is 8.41. The highest BCUT2D eigenvalue weighted by Gasteiger charge is 2.35. The molecule has 0 spiro atoms. The van der Waals surface area contributed by atoms with Crippen molar-refractivity contribution in [3.8, 4) is 0 Å². The van der Waals surface area contributed by atoms with Gasteiger partial charge in [-0.1, -0.05) is 24.3 Å². The molecule has 0 aromatic heterocycles. The van der Waals surface area contributed by atoms with Crippen LogP contribution in [0.1, 0.15) is 16.7 Å². The number of fused-ring (bicyclic) bond motifs is 1. The van der Waals surface area contributed by atoms with E-state index in [0.29, 0.717) is 24.1 Å². The summed E-state index contributed by atoms with van der Waals surface area (Å²) in [5.41, 5.74) is 1.62. The van der Waals surface area contributed by atoms with Crippen molar-refractivity contribution in [1.82, 2.24) is 5.32 Å². The number of nitrogens with zero attached hydrogens (tertiary/aromatic N) is 1. The first kappa shape index (κ1) is 18.5. The van der Waals surface area contributed by atoms with Crippen LogP contribution in [0.2, 0.25) is 0 Å². The fourth-order valence-electron chi connectivity index (χ4n) is 3.20. The molecule has 8 nitrogen and oxygen atoms in total. The molecular weight excluding hydrogens is 350 g/mol. The lowest BCUT2D eigenvalue weighted by atomic mass is 10.0. The second-order valence-corrected chi connectivity index (χ2v) is 6.74. The van der Waals surface area contributed by atoms with Crippen LogP contribution in [0.15, 0.2) is 42.5 Å². The summed E-state index contributed by atoms with van der Waals surface area (Å²) >= 11 is 0. The van der Waals surface area contributed by atoms with Crippen molar-refractivity contribution in [1.29, 1.82) is 0 Å². The van der Waals surface area contributed by atoms with Gasteiger partial charge in [0, 0.05) is 37.2 Å². The highest BCUT2D eigenvalue weighted by Crippen LogP contribution is 2.29. The van der Waals surface area contributed by atoms with Crippen molar-refractivity contribution >= 4 is 23.2 Å². The van der Waals surface area contributed by atoms with Crippen molar-refractivity contribution in [2.45, 2.75) is 25.4 Å². The van der Waals surface area contributed by atoms with Gasteiger partial charge in [0.25, 0.3) is 5.69 Å². The van der Waals surface area contributed by atoms with Gasteiger partial charge < -0.3 is 15.7 Å². The van der Waals surface area contributed by atoms with E-state index < -0.39 is 22.3 Å². The van der Waals surface area contributed by atoms with Gasteiger partial charge >= 0.3 is 11.8 Å². The fourth-order valence-corrected chi connectivity index (χ4v) is 3.20. The molecule has 0 fully saturated rings. The zero-order valence-electron chi connectivity index (χ0n) is 14.7. The van der Waals surface area contributed by atoms with Crippen molar-refractivity contribution in [3.63, 3.8) is 0 Å². The maximum absolute atomic E-state index is 12.1. The van der Waals surface area contributed by atoms with Crippen molar-refractivity contribution in [2.24, 2.45) is 0 Å². The third-order valence-electron chi connectivity index (χ3n) is 4.61. The number of hydrogen-bond donors (Lipinski definition) is 3. The van der Waals surface area contributed by atoms with Crippen LogP contribution < -0.4 is 10.6 Å². The highest BCUT2D eigenvalue weighted by molar-refractivity contribution is 6.39. The zero-order valence-corrected chi connectivity index (χ0v) is 14.7. The molecule has 0 unspecified atom stereocenters. The van der Waals surface area contributed by atoms with Gasteiger partial charge in [0.05, 0.1) is 10.5 Å². The molecule has 0 saturated heterocycles. The van der Waals surface area contributed by atoms with E-state index in [4.69, 9.17) is 0 Å². The van der Waals surface area contributed by atoms with Crippen LogP contribution in [0.5, 0.6) is 0 Å². The van der Waals surface area contributed by atoms with E-state index in [9.17, 15) is 24.8 Å². The maximum atomic E-state index is 12.1. The lowest BCUT2D eigenvalue weighted by Crippen LogP contribution is -2.46. The van der Waals surface area contributed by atoms with E-state index in [-0.39, 0.29) is 12.2 Å². The molecule has 0 bridgehead atoms. The molecule has 27 heavy (non-hydrogen) atoms. The average Bonchev–Trinajstić information content (AvgIpc) is 2.97. The van der Waals surface area contributed by atoms with Crippen LogP contribution >= 0.6 is 0 Å². The SMILES string of the molecule is Cc1cc([N+](=O)[O-])ccc1NC(=O)C(=O)NCC1(O)Cc2ccccc2C1. The highest BCUT2D eigenvalue weighted by atomic mass is 16.6. The molecule has 2 amide bonds. The molecule has 1 aliphatic carbocycles. The van der Waals surface area contributed by atoms with E-state index in [1.54, 1.807) is 6.92 Å². The van der Waals surface area contributed by atoms with Crippen LogP contribution in [0.3, 0.4) is 0 Å². The Kier molecular flexibility index (Phi) is 4.91. The van der Waals surface area contributed by atoms with E-state index in [1.165, 1.54) is 18.2 Å². The second-order valence-electron chi connectivity index (χ2n) is 6.74. The lowest BCUT2D eigenvalue weighted by Gasteiger charge is -2.22. The number of rotatable bonds is 4. The smallest absolute Gasteiger partial charge is 0.313 e. The van der Waals surface area contributed by atoms with E-state index in [1.807, 2.05) is 24.3 Å². The summed E-state index contributed by atoms with van der Waals surface area (Å²) in [5.74, 6) is -1.77. The quantitative estimate of drug-likeness (QED) is 0.428. The van der Waals surface area contributed by atoms with Gasteiger partial charge in [-0.05, 0) is 29.7 Å². The minimum Gasteiger partial charge on any atom is -0.387 e. The molecule has 140 valence electrons. The van der Waals surface area contributed by atoms with Gasteiger partial charge in [-0.25, -0.2) is 0 Å². The Balaban J connectivity index is 1.57. The minimum absolute atomic E-state index is 0.0484. The lowest BCUT2D eigenvalue weighted by molar-refractivity contribution is -0.384. The van der Waals surface area contributed by atoms with E-state index in [0.717, 1.165) is 11.1 Å². The van der Waals surface area contributed by atoms with Gasteiger partial charge in [0.1, 0.15) is 0 Å². The Morgan fingerprint density at radius 2 is 1.78 bits per heavy atom. The van der Waals surface area contributed by atoms with Gasteiger partial charge in [0.15, 0.2) is 0 Å². The Labute approximate surface area is 155 Å². The summed E-state index contributed by atoms with van der Waals surface area (Å²) in [4.78, 5) is 34.3. The van der Waals surface area contributed by atoms with Gasteiger partial charge in [-0.3, -0.25) is 19.7 Å². The average molecular weight is 369 g/mol. The number of non-ortho nitro benzene ring substituents is 1. The predicted octanol–water partition coefficient (Wildman–Crippen LogP) is 1.49. The number of aryl methyl sites for hydroxylation is 1. The largest absolute Gasteiger partial charge is 0.387 e. The number of amides is 2. The normalized spacial score (nSPS) is 14.3. The summed E-state index contributed by atoms with van der Waals surface area (Å²) in [6.07, 6.45) is 0.819. The molecule has 0 radical (unpaired) electrons. The summed E-state index contributed by atoms with van der Waals surface area (Å²) in [5, 5.41) is 26.3. The second kappa shape index (κ2) is 7.16. The Morgan fingerprint density at radius 3 is 2.33 bits per heavy atom. The molecule has 3 rings (SSSR count). The molecule has 1 aliphatic rings. The number of hydrogen-bond acceptors (Lipinski definition) is 5. The first-order chi connectivity index (χ1) is 12.8. The number of aliphatic hydroxyl groups is 1. The predicted molar refractivity (Wildman–Crippen MR) is 98.3 cm³/mol. The summed E-state index contributed by atoms with van der Waals surface area (Å²) < 4.78 is 0. The molecule has 3 N–H and O–H groups in total. The van der Waals surface area contributed by atoms with Gasteiger partial charge in [-0.2, -0.15) is 0 Å². The van der Waals surface area contributed by atoms with E-state index in [2.05, 4.69) is 10.6 Å². The Hall–Kier alpha value is -3.26. The molecule has 2 aromatic carbocycles. The molecule has 2 aromatic rings. The number of nitrogens with one attached hydrogen (secondary N) is 2. The molecule has 8 heteroatoms. The number of benzene rings is 2. The molecular formula is C19H19N3O5. The number of carbonyl (C=O) groups is 2. The summed E-state index contributed by atoms with van der Waals surface area (Å²) in [6.45, 7) is 1.55. The van der Waals surface area contributed by atoms with Crippen LogP contribution in [-0.4, -0.2) is 34.0 Å². The monoisotopic (exact) mass is 369 g/mol. The summed E-state index contributed by atoms with van der Waals surface area (Å²) in [6, 6.07) is 11.6. The third kappa shape index (κ3) is 4.12. The Bertz CT molecular complexity index is 900. The number of nitro benzene ring substituents is 1. The van der Waals surface area contributed by atoms with Gasteiger partial charge in [0.2, 0.25) is 0 Å². The molecule has 0 saturated carbocycles. The van der Waals surface area contributed by atoms with E-state index >= 15 is 0 Å². The topological polar surface area (TPSA) is 122 Å². The third-order valence-corrected chi connectivity index (χ3v) is 4.61. The first-order valence-electron chi connectivity index (χ1n) is 8.41. The number of carbonyl (C=O) groups excluding carboxylic acids is 2. The number of nitro groups is 1. The van der Waals surface area contributed by atoms with Gasteiger partial charge in [-0.15, -0.1) is 0 Å². The number of anilines is 1. The van der Waals surface area contributed by atoms with Crippen LogP contribution in [0, 0.1) is 17.0 Å². The van der Waals surface area contributed by atoms with Crippen LogP contribution in [0.25, 0.3) is 0 Å². The summed E-state index contributed by atoms with van der Waals surface area (Å²) in [7, 11) is 0. The Morgan fingerprint density at radius 1 is 1.15 bits per heavy atom. The molecule has 0 heterocycles. The van der Waals surface area contributed by atoms with Crippen LogP contribution in [-0.2, 0) is 22.4 Å². The van der Waals surface area contributed by atoms with Crippen molar-refractivity contribution < 1.29 is 19.6 Å². The minimum atomic E-state index is -1.12.